The Morgan fingerprint density at radius 2 is 1.96 bits per heavy atom. The second-order valence-electron chi connectivity index (χ2n) is 8.67. The van der Waals surface area contributed by atoms with E-state index < -0.39 is 0 Å². The van der Waals surface area contributed by atoms with Gasteiger partial charge in [-0.1, -0.05) is 18.2 Å². The number of nitrogens with one attached hydrogen (secondary N) is 2. The average molecular weight is 376 g/mol. The molecule has 0 spiro atoms. The minimum absolute atomic E-state index is 0.158. The van der Waals surface area contributed by atoms with Gasteiger partial charge in [-0.3, -0.25) is 4.98 Å². The molecule has 2 aromatic heterocycles. The van der Waals surface area contributed by atoms with Crippen LogP contribution < -0.4 is 11.1 Å². The van der Waals surface area contributed by atoms with Crippen molar-refractivity contribution in [1.82, 2.24) is 20.3 Å². The molecular formula is C23H29N5. The normalized spacial score (nSPS) is 27.6. The SMILES string of the molecule is NC1(Cc2nc3ccccc3[nH]2)CCC(N[C@H]2CCCc3cccnc32)CC1. The molecule has 5 nitrogen and oxygen atoms in total. The molecule has 0 unspecified atom stereocenters. The monoisotopic (exact) mass is 375 g/mol. The highest BCUT2D eigenvalue weighted by Gasteiger charge is 2.34. The summed E-state index contributed by atoms with van der Waals surface area (Å²) in [6.07, 6.45) is 10.6. The molecule has 2 aliphatic rings. The van der Waals surface area contributed by atoms with Crippen molar-refractivity contribution >= 4 is 11.0 Å². The van der Waals surface area contributed by atoms with E-state index in [1.54, 1.807) is 0 Å². The maximum Gasteiger partial charge on any atom is 0.109 e. The number of nitrogens with two attached hydrogens (primary N) is 1. The third kappa shape index (κ3) is 3.56. The van der Waals surface area contributed by atoms with E-state index in [0.717, 1.165) is 55.4 Å². The lowest BCUT2D eigenvalue weighted by molar-refractivity contribution is 0.228. The second-order valence-corrected chi connectivity index (χ2v) is 8.67. The zero-order chi connectivity index (χ0) is 19.0. The van der Waals surface area contributed by atoms with Gasteiger partial charge in [-0.05, 0) is 68.7 Å². The molecule has 5 heteroatoms. The predicted molar refractivity (Wildman–Crippen MR) is 112 cm³/mol. The number of imidazole rings is 1. The maximum absolute atomic E-state index is 6.78. The Labute approximate surface area is 166 Å². The van der Waals surface area contributed by atoms with Crippen molar-refractivity contribution in [3.63, 3.8) is 0 Å². The van der Waals surface area contributed by atoms with E-state index in [-0.39, 0.29) is 5.54 Å². The van der Waals surface area contributed by atoms with Crippen LogP contribution in [0, 0.1) is 0 Å². The van der Waals surface area contributed by atoms with Crippen LogP contribution >= 0.6 is 0 Å². The summed E-state index contributed by atoms with van der Waals surface area (Å²) in [6.45, 7) is 0. The van der Waals surface area contributed by atoms with Crippen molar-refractivity contribution in [3.05, 3.63) is 59.7 Å². The van der Waals surface area contributed by atoms with Crippen LogP contribution in [-0.4, -0.2) is 26.5 Å². The summed E-state index contributed by atoms with van der Waals surface area (Å²) in [6, 6.07) is 13.4. The van der Waals surface area contributed by atoms with Gasteiger partial charge in [0.2, 0.25) is 0 Å². The molecule has 2 aliphatic carbocycles. The lowest BCUT2D eigenvalue weighted by Crippen LogP contribution is -2.49. The third-order valence-electron chi connectivity index (χ3n) is 6.57. The van der Waals surface area contributed by atoms with Gasteiger partial charge in [-0.2, -0.15) is 0 Å². The van der Waals surface area contributed by atoms with Crippen LogP contribution in [0.15, 0.2) is 42.6 Å². The molecule has 1 fully saturated rings. The molecule has 0 bridgehead atoms. The van der Waals surface area contributed by atoms with Crippen molar-refractivity contribution in [2.45, 2.75) is 69.0 Å². The van der Waals surface area contributed by atoms with Gasteiger partial charge in [0.1, 0.15) is 5.82 Å². The summed E-state index contributed by atoms with van der Waals surface area (Å²) in [5.74, 6) is 1.01. The first-order valence-corrected chi connectivity index (χ1v) is 10.6. The van der Waals surface area contributed by atoms with E-state index in [4.69, 9.17) is 10.7 Å². The quantitative estimate of drug-likeness (QED) is 0.648. The Morgan fingerprint density at radius 1 is 1.11 bits per heavy atom. The smallest absolute Gasteiger partial charge is 0.109 e. The first kappa shape index (κ1) is 17.8. The number of aromatic nitrogens is 3. The van der Waals surface area contributed by atoms with E-state index in [1.165, 1.54) is 24.1 Å². The van der Waals surface area contributed by atoms with E-state index in [2.05, 4.69) is 39.6 Å². The number of benzene rings is 1. The van der Waals surface area contributed by atoms with Crippen LogP contribution in [0.5, 0.6) is 0 Å². The van der Waals surface area contributed by atoms with Crippen LogP contribution in [0.3, 0.4) is 0 Å². The van der Waals surface area contributed by atoms with Gasteiger partial charge in [0.05, 0.1) is 16.7 Å². The van der Waals surface area contributed by atoms with Crippen LogP contribution in [0.1, 0.15) is 61.6 Å². The number of hydrogen-bond donors (Lipinski definition) is 3. The summed E-state index contributed by atoms with van der Waals surface area (Å²) < 4.78 is 0. The lowest BCUT2D eigenvalue weighted by Gasteiger charge is -2.39. The topological polar surface area (TPSA) is 79.6 Å². The molecule has 1 aromatic carbocycles. The summed E-state index contributed by atoms with van der Waals surface area (Å²) in [5, 5.41) is 3.90. The zero-order valence-electron chi connectivity index (χ0n) is 16.3. The lowest BCUT2D eigenvalue weighted by atomic mass is 9.77. The molecule has 146 valence electrons. The Kier molecular flexibility index (Phi) is 4.65. The van der Waals surface area contributed by atoms with E-state index in [0.29, 0.717) is 12.1 Å². The van der Waals surface area contributed by atoms with E-state index in [1.807, 2.05) is 18.3 Å². The van der Waals surface area contributed by atoms with Gasteiger partial charge in [0.25, 0.3) is 0 Å². The van der Waals surface area contributed by atoms with Crippen LogP contribution in [-0.2, 0) is 12.8 Å². The second kappa shape index (κ2) is 7.30. The minimum atomic E-state index is -0.158. The highest BCUT2D eigenvalue weighted by atomic mass is 15.0. The van der Waals surface area contributed by atoms with Gasteiger partial charge < -0.3 is 16.0 Å². The molecule has 2 heterocycles. The van der Waals surface area contributed by atoms with Gasteiger partial charge in [0, 0.05) is 30.2 Å². The predicted octanol–water partition coefficient (Wildman–Crippen LogP) is 3.81. The molecule has 0 radical (unpaired) electrons. The number of pyridine rings is 1. The number of fused-ring (bicyclic) bond motifs is 2. The molecule has 0 aliphatic heterocycles. The van der Waals surface area contributed by atoms with E-state index >= 15 is 0 Å². The molecule has 1 atom stereocenters. The maximum atomic E-state index is 6.78. The van der Waals surface area contributed by atoms with Gasteiger partial charge in [0.15, 0.2) is 0 Å². The van der Waals surface area contributed by atoms with Crippen LogP contribution in [0.4, 0.5) is 0 Å². The Balaban J connectivity index is 1.21. The number of para-hydroxylation sites is 2. The number of hydrogen-bond acceptors (Lipinski definition) is 4. The standard InChI is InChI=1S/C23H29N5/c24-23(15-21-27-18-7-1-2-8-19(18)28-21)12-10-17(11-13-23)26-20-9-3-5-16-6-4-14-25-22(16)20/h1-2,4,6-8,14,17,20,26H,3,5,9-13,15,24H2,(H,27,28)/t17?,20-,23?/m0/s1. The van der Waals surface area contributed by atoms with Crippen LogP contribution in [0.2, 0.25) is 0 Å². The van der Waals surface area contributed by atoms with Crippen molar-refractivity contribution in [2.24, 2.45) is 5.73 Å². The highest BCUT2D eigenvalue weighted by Crippen LogP contribution is 2.33. The van der Waals surface area contributed by atoms with Gasteiger partial charge in [-0.25, -0.2) is 4.98 Å². The van der Waals surface area contributed by atoms with E-state index in [9.17, 15) is 0 Å². The Bertz CT molecular complexity index is 921. The molecular weight excluding hydrogens is 346 g/mol. The fraction of sp³-hybridized carbons (Fsp3) is 0.478. The van der Waals surface area contributed by atoms with Crippen molar-refractivity contribution in [3.8, 4) is 0 Å². The molecule has 28 heavy (non-hydrogen) atoms. The fourth-order valence-electron chi connectivity index (χ4n) is 5.02. The summed E-state index contributed by atoms with van der Waals surface area (Å²) >= 11 is 0. The number of aromatic amines is 1. The Hall–Kier alpha value is -2.24. The summed E-state index contributed by atoms with van der Waals surface area (Å²) in [4.78, 5) is 12.8. The highest BCUT2D eigenvalue weighted by molar-refractivity contribution is 5.74. The van der Waals surface area contributed by atoms with Gasteiger partial charge in [-0.15, -0.1) is 0 Å². The number of aryl methyl sites for hydroxylation is 1. The van der Waals surface area contributed by atoms with Gasteiger partial charge >= 0.3 is 0 Å². The number of nitrogens with zero attached hydrogens (tertiary/aromatic N) is 2. The zero-order valence-corrected chi connectivity index (χ0v) is 16.3. The van der Waals surface area contributed by atoms with Crippen molar-refractivity contribution in [1.29, 1.82) is 0 Å². The average Bonchev–Trinajstić information content (AvgIpc) is 3.12. The molecule has 0 saturated heterocycles. The minimum Gasteiger partial charge on any atom is -0.342 e. The molecule has 4 N–H and O–H groups in total. The molecule has 3 aromatic rings. The summed E-state index contributed by atoms with van der Waals surface area (Å²) in [5.41, 5.74) is 11.4. The first-order valence-electron chi connectivity index (χ1n) is 10.6. The summed E-state index contributed by atoms with van der Waals surface area (Å²) in [7, 11) is 0. The molecule has 1 saturated carbocycles. The third-order valence-corrected chi connectivity index (χ3v) is 6.57. The fourth-order valence-corrected chi connectivity index (χ4v) is 5.02. The number of H-pyrrole nitrogens is 1. The number of rotatable bonds is 4. The van der Waals surface area contributed by atoms with Crippen LogP contribution in [0.25, 0.3) is 11.0 Å². The van der Waals surface area contributed by atoms with Crippen molar-refractivity contribution in [2.75, 3.05) is 0 Å². The first-order chi connectivity index (χ1) is 13.7. The molecule has 5 rings (SSSR count). The Morgan fingerprint density at radius 3 is 2.82 bits per heavy atom. The van der Waals surface area contributed by atoms with Crippen molar-refractivity contribution < 1.29 is 0 Å². The molecule has 0 amide bonds. The largest absolute Gasteiger partial charge is 0.342 e.